The lowest BCUT2D eigenvalue weighted by Gasteiger charge is -2.34. The maximum Gasteiger partial charge on any atom is 0.444 e. The Balaban J connectivity index is 2.76. The minimum absolute atomic E-state index is 0.145. The lowest BCUT2D eigenvalue weighted by molar-refractivity contribution is -0.257. The first-order chi connectivity index (χ1) is 11.6. The van der Waals surface area contributed by atoms with E-state index in [-0.39, 0.29) is 22.6 Å². The van der Waals surface area contributed by atoms with Crippen molar-refractivity contribution in [1.82, 2.24) is 0 Å². The van der Waals surface area contributed by atoms with Gasteiger partial charge in [0.05, 0.1) is 7.11 Å². The van der Waals surface area contributed by atoms with Crippen LogP contribution in [0.15, 0.2) is 42.5 Å². The highest BCUT2D eigenvalue weighted by molar-refractivity contribution is 5.83. The Bertz CT molecular complexity index is 749. The molecule has 0 aliphatic carbocycles. The summed E-state index contributed by atoms with van der Waals surface area (Å²) in [5.74, 6) is -1.90. The van der Waals surface area contributed by atoms with E-state index in [1.54, 1.807) is 6.07 Å². The van der Waals surface area contributed by atoms with Gasteiger partial charge in [-0.1, -0.05) is 18.2 Å². The summed E-state index contributed by atoms with van der Waals surface area (Å²) in [6.45, 7) is 2.87. The van der Waals surface area contributed by atoms with Crippen LogP contribution in [0.5, 0.6) is 11.5 Å². The van der Waals surface area contributed by atoms with Crippen LogP contribution >= 0.6 is 0 Å². The minimum Gasteiger partial charge on any atom is -0.507 e. The van der Waals surface area contributed by atoms with Crippen molar-refractivity contribution in [3.05, 3.63) is 59.2 Å². The fourth-order valence-electron chi connectivity index (χ4n) is 2.52. The molecule has 0 bridgehead atoms. The maximum absolute atomic E-state index is 14.1. The Kier molecular flexibility index (Phi) is 4.97. The van der Waals surface area contributed by atoms with Gasteiger partial charge in [0, 0.05) is 5.56 Å². The third-order valence-corrected chi connectivity index (χ3v) is 3.78. The Morgan fingerprint density at radius 1 is 1.04 bits per heavy atom. The first kappa shape index (κ1) is 18.6. The number of alkyl halides is 3. The quantitative estimate of drug-likeness (QED) is 0.843. The van der Waals surface area contributed by atoms with Crippen molar-refractivity contribution in [3.8, 4) is 11.5 Å². The van der Waals surface area contributed by atoms with Crippen LogP contribution in [0.1, 0.15) is 16.7 Å². The van der Waals surface area contributed by atoms with Gasteiger partial charge < -0.3 is 14.6 Å². The van der Waals surface area contributed by atoms with E-state index in [9.17, 15) is 23.1 Å². The number of phenols is 1. The number of rotatable bonds is 4. The summed E-state index contributed by atoms with van der Waals surface area (Å²) >= 11 is 0. The number of carbonyl (C=O) groups is 1. The van der Waals surface area contributed by atoms with E-state index in [1.807, 2.05) is 0 Å². The number of phenolic OH excluding ortho intramolecular Hbond substituents is 1. The van der Waals surface area contributed by atoms with E-state index in [0.717, 1.165) is 19.2 Å². The van der Waals surface area contributed by atoms with Crippen LogP contribution < -0.4 is 4.74 Å². The van der Waals surface area contributed by atoms with Gasteiger partial charge in [-0.2, -0.15) is 13.2 Å². The van der Waals surface area contributed by atoms with Crippen molar-refractivity contribution in [3.63, 3.8) is 0 Å². The molecule has 134 valence electrons. The zero-order valence-electron chi connectivity index (χ0n) is 13.8. The molecule has 0 fully saturated rings. The highest BCUT2D eigenvalue weighted by atomic mass is 19.4. The van der Waals surface area contributed by atoms with Gasteiger partial charge in [0.15, 0.2) is 0 Å². The highest BCUT2D eigenvalue weighted by Crippen LogP contribution is 2.45. The van der Waals surface area contributed by atoms with Crippen LogP contribution in [0.25, 0.3) is 0 Å². The van der Waals surface area contributed by atoms with Gasteiger partial charge in [-0.3, -0.25) is 0 Å². The van der Waals surface area contributed by atoms with Crippen molar-refractivity contribution >= 4 is 5.97 Å². The Labute approximate surface area is 142 Å². The number of esters is 1. The van der Waals surface area contributed by atoms with Crippen molar-refractivity contribution in [2.24, 2.45) is 0 Å². The number of hydrogen-bond acceptors (Lipinski definition) is 4. The summed E-state index contributed by atoms with van der Waals surface area (Å²) in [5.41, 5.74) is -3.45. The number of carbonyl (C=O) groups excluding carboxylic acids is 1. The zero-order chi connectivity index (χ0) is 18.8. The standard InChI is InChI=1S/C18H17F3O4/c1-11-9-13(10-12(2)15(11)22)17(16(23)24-3,18(19,20)21)25-14-7-5-4-6-8-14/h4-10,22H,1-3H3. The average Bonchev–Trinajstić information content (AvgIpc) is 2.56. The molecule has 2 aromatic carbocycles. The molecule has 0 saturated carbocycles. The molecule has 0 aromatic heterocycles. The molecule has 0 radical (unpaired) electrons. The topological polar surface area (TPSA) is 55.8 Å². The molecule has 0 heterocycles. The maximum atomic E-state index is 14.1. The van der Waals surface area contributed by atoms with Gasteiger partial charge in [-0.25, -0.2) is 4.79 Å². The fraction of sp³-hybridized carbons (Fsp3) is 0.278. The Morgan fingerprint density at radius 2 is 1.56 bits per heavy atom. The highest BCUT2D eigenvalue weighted by Gasteiger charge is 2.66. The number of aryl methyl sites for hydroxylation is 2. The second-order valence-electron chi connectivity index (χ2n) is 5.54. The van der Waals surface area contributed by atoms with Gasteiger partial charge >= 0.3 is 17.7 Å². The Hall–Kier alpha value is -2.70. The van der Waals surface area contributed by atoms with Crippen molar-refractivity contribution in [2.45, 2.75) is 25.6 Å². The molecule has 7 heteroatoms. The minimum atomic E-state index is -5.11. The molecule has 2 rings (SSSR count). The van der Waals surface area contributed by atoms with Crippen molar-refractivity contribution < 1.29 is 32.5 Å². The van der Waals surface area contributed by atoms with E-state index in [0.29, 0.717) is 0 Å². The van der Waals surface area contributed by atoms with E-state index in [2.05, 4.69) is 4.74 Å². The van der Waals surface area contributed by atoms with Crippen LogP contribution in [0.3, 0.4) is 0 Å². The van der Waals surface area contributed by atoms with E-state index in [4.69, 9.17) is 4.74 Å². The SMILES string of the molecule is COC(=O)C(Oc1ccccc1)(c1cc(C)c(O)c(C)c1)C(F)(F)F. The summed E-state index contributed by atoms with van der Waals surface area (Å²) in [4.78, 5) is 12.3. The predicted octanol–water partition coefficient (Wildman–Crippen LogP) is 4.02. The third kappa shape index (κ3) is 3.26. The fourth-order valence-corrected chi connectivity index (χ4v) is 2.52. The van der Waals surface area contributed by atoms with Crippen LogP contribution in [-0.4, -0.2) is 24.4 Å². The molecule has 1 unspecified atom stereocenters. The van der Waals surface area contributed by atoms with Gasteiger partial charge in [-0.15, -0.1) is 0 Å². The van der Waals surface area contributed by atoms with Gasteiger partial charge in [0.25, 0.3) is 0 Å². The average molecular weight is 354 g/mol. The first-order valence-electron chi connectivity index (χ1n) is 7.33. The predicted molar refractivity (Wildman–Crippen MR) is 84.4 cm³/mol. The normalized spacial score (nSPS) is 13.8. The lowest BCUT2D eigenvalue weighted by atomic mass is 9.89. The molecule has 0 amide bonds. The molecule has 2 aromatic rings. The summed E-state index contributed by atoms with van der Waals surface area (Å²) in [6, 6.07) is 9.33. The largest absolute Gasteiger partial charge is 0.507 e. The summed E-state index contributed by atoms with van der Waals surface area (Å²) < 4.78 is 51.8. The number of methoxy groups -OCH3 is 1. The molecular weight excluding hydrogens is 337 g/mol. The molecule has 0 aliphatic heterocycles. The number of halogens is 3. The zero-order valence-corrected chi connectivity index (χ0v) is 13.8. The molecule has 0 aliphatic rings. The molecule has 25 heavy (non-hydrogen) atoms. The number of para-hydroxylation sites is 1. The van der Waals surface area contributed by atoms with Gasteiger partial charge in [-0.05, 0) is 49.2 Å². The van der Waals surface area contributed by atoms with Crippen LogP contribution in [-0.2, 0) is 15.1 Å². The molecule has 0 spiro atoms. The van der Waals surface area contributed by atoms with Crippen molar-refractivity contribution in [1.29, 1.82) is 0 Å². The molecule has 4 nitrogen and oxygen atoms in total. The first-order valence-corrected chi connectivity index (χ1v) is 7.33. The number of hydrogen-bond donors (Lipinski definition) is 1. The van der Waals surface area contributed by atoms with Gasteiger partial charge in [0.2, 0.25) is 0 Å². The molecule has 0 saturated heterocycles. The number of ether oxygens (including phenoxy) is 2. The second-order valence-corrected chi connectivity index (χ2v) is 5.54. The van der Waals surface area contributed by atoms with E-state index < -0.39 is 23.3 Å². The molecule has 1 atom stereocenters. The third-order valence-electron chi connectivity index (χ3n) is 3.78. The summed E-state index contributed by atoms with van der Waals surface area (Å²) in [7, 11) is 0.858. The van der Waals surface area contributed by atoms with Crippen LogP contribution in [0.4, 0.5) is 13.2 Å². The number of aromatic hydroxyl groups is 1. The summed E-state index contributed by atoms with van der Waals surface area (Å²) in [6.07, 6.45) is -5.11. The van der Waals surface area contributed by atoms with Crippen LogP contribution in [0.2, 0.25) is 0 Å². The second kappa shape index (κ2) is 6.66. The van der Waals surface area contributed by atoms with Crippen LogP contribution in [0, 0.1) is 13.8 Å². The molecule has 1 N–H and O–H groups in total. The lowest BCUT2D eigenvalue weighted by Crippen LogP contribution is -2.54. The molecular formula is C18H17F3O4. The van der Waals surface area contributed by atoms with E-state index in [1.165, 1.54) is 38.1 Å². The number of benzene rings is 2. The van der Waals surface area contributed by atoms with Gasteiger partial charge in [0.1, 0.15) is 11.5 Å². The summed E-state index contributed by atoms with van der Waals surface area (Å²) in [5, 5.41) is 9.85. The smallest absolute Gasteiger partial charge is 0.444 e. The monoisotopic (exact) mass is 354 g/mol. The van der Waals surface area contributed by atoms with E-state index >= 15 is 0 Å². The van der Waals surface area contributed by atoms with Crippen molar-refractivity contribution in [2.75, 3.05) is 7.11 Å². The Morgan fingerprint density at radius 3 is 2.00 bits per heavy atom.